The monoisotopic (exact) mass is 360 g/mol. The van der Waals surface area contributed by atoms with E-state index in [-0.39, 0.29) is 17.7 Å². The number of thioether (sulfide) groups is 1. The first-order chi connectivity index (χ1) is 11.8. The van der Waals surface area contributed by atoms with E-state index in [9.17, 15) is 14.9 Å². The van der Waals surface area contributed by atoms with E-state index in [1.807, 2.05) is 38.1 Å². The van der Waals surface area contributed by atoms with Gasteiger partial charge in [0.05, 0.1) is 11.0 Å². The lowest BCUT2D eigenvalue weighted by Crippen LogP contribution is -2.07. The molecule has 0 aliphatic carbocycles. The van der Waals surface area contributed by atoms with E-state index in [2.05, 4.69) is 5.32 Å². The molecule has 0 radical (unpaired) electrons. The molecule has 2 aromatic rings. The largest absolute Gasteiger partial charge is 0.491 e. The normalized spacial score (nSPS) is 10.6. The van der Waals surface area contributed by atoms with Gasteiger partial charge in [0.1, 0.15) is 5.75 Å². The first-order valence-electron chi connectivity index (χ1n) is 7.79. The van der Waals surface area contributed by atoms with Crippen LogP contribution in [0.15, 0.2) is 47.4 Å². The van der Waals surface area contributed by atoms with Crippen molar-refractivity contribution >= 4 is 29.0 Å². The van der Waals surface area contributed by atoms with Gasteiger partial charge < -0.3 is 10.1 Å². The Bertz CT molecular complexity index is 760. The summed E-state index contributed by atoms with van der Waals surface area (Å²) in [4.78, 5) is 22.6. The molecular weight excluding hydrogens is 340 g/mol. The third-order valence-electron chi connectivity index (χ3n) is 3.19. The average molecular weight is 360 g/mol. The second-order valence-corrected chi connectivity index (χ2v) is 6.76. The number of amides is 1. The zero-order valence-electron chi connectivity index (χ0n) is 14.3. The number of nitro groups is 1. The van der Waals surface area contributed by atoms with Gasteiger partial charge in [-0.15, -0.1) is 11.8 Å². The number of rotatable bonds is 7. The summed E-state index contributed by atoms with van der Waals surface area (Å²) in [5.41, 5.74) is 1.56. The van der Waals surface area contributed by atoms with E-state index in [4.69, 9.17) is 4.74 Å². The molecule has 132 valence electrons. The second-order valence-electron chi connectivity index (χ2n) is 5.71. The number of non-ortho nitro benzene ring substituents is 1. The number of nitrogens with zero attached hydrogens (tertiary/aromatic N) is 1. The maximum Gasteiger partial charge on any atom is 0.270 e. The zero-order chi connectivity index (χ0) is 18.4. The lowest BCUT2D eigenvalue weighted by molar-refractivity contribution is -0.384. The van der Waals surface area contributed by atoms with Crippen molar-refractivity contribution in [3.05, 3.63) is 58.1 Å². The van der Waals surface area contributed by atoms with Crippen LogP contribution in [0.1, 0.15) is 26.3 Å². The summed E-state index contributed by atoms with van der Waals surface area (Å²) in [6.45, 7) is 5.29. The van der Waals surface area contributed by atoms with Gasteiger partial charge in [-0.05, 0) is 44.2 Å². The number of benzene rings is 2. The Morgan fingerprint density at radius 3 is 2.48 bits per heavy atom. The van der Waals surface area contributed by atoms with Crippen LogP contribution in [0.25, 0.3) is 0 Å². The number of carbonyl (C=O) groups excluding carboxylic acids is 1. The van der Waals surface area contributed by atoms with Crippen molar-refractivity contribution in [2.24, 2.45) is 0 Å². The minimum absolute atomic E-state index is 0.0119. The van der Waals surface area contributed by atoms with Crippen molar-refractivity contribution in [1.82, 2.24) is 0 Å². The maximum atomic E-state index is 11.0. The Kier molecular flexibility index (Phi) is 6.41. The van der Waals surface area contributed by atoms with Crippen LogP contribution < -0.4 is 10.1 Å². The van der Waals surface area contributed by atoms with E-state index < -0.39 is 4.92 Å². The summed E-state index contributed by atoms with van der Waals surface area (Å²) < 4.78 is 5.75. The van der Waals surface area contributed by atoms with Gasteiger partial charge in [-0.25, -0.2) is 0 Å². The summed E-state index contributed by atoms with van der Waals surface area (Å²) >= 11 is 1.55. The predicted molar refractivity (Wildman–Crippen MR) is 99.2 cm³/mol. The Labute approximate surface area is 150 Å². The van der Waals surface area contributed by atoms with Crippen LogP contribution in [-0.2, 0) is 10.5 Å². The third-order valence-corrected chi connectivity index (χ3v) is 4.25. The number of anilines is 1. The third kappa shape index (κ3) is 5.79. The summed E-state index contributed by atoms with van der Waals surface area (Å²) in [5.74, 6) is 1.08. The molecular formula is C18H20N2O4S. The van der Waals surface area contributed by atoms with Gasteiger partial charge in [-0.1, -0.05) is 0 Å². The van der Waals surface area contributed by atoms with Gasteiger partial charge in [0, 0.05) is 41.0 Å². The van der Waals surface area contributed by atoms with Gasteiger partial charge >= 0.3 is 0 Å². The lowest BCUT2D eigenvalue weighted by Gasteiger charge is -2.14. The molecule has 0 atom stereocenters. The van der Waals surface area contributed by atoms with Crippen molar-refractivity contribution in [2.75, 3.05) is 5.32 Å². The smallest absolute Gasteiger partial charge is 0.270 e. The van der Waals surface area contributed by atoms with Crippen LogP contribution in [0.5, 0.6) is 5.75 Å². The van der Waals surface area contributed by atoms with Crippen LogP contribution in [0.2, 0.25) is 0 Å². The topological polar surface area (TPSA) is 81.5 Å². The molecule has 0 aliphatic heterocycles. The molecule has 0 unspecified atom stereocenters. The Morgan fingerprint density at radius 2 is 1.92 bits per heavy atom. The van der Waals surface area contributed by atoms with Crippen molar-refractivity contribution in [3.8, 4) is 5.75 Å². The molecule has 25 heavy (non-hydrogen) atoms. The fraction of sp³-hybridized carbons (Fsp3) is 0.278. The Balaban J connectivity index is 2.13. The fourth-order valence-electron chi connectivity index (χ4n) is 2.16. The highest BCUT2D eigenvalue weighted by atomic mass is 32.2. The molecule has 1 amide bonds. The SMILES string of the molecule is CC(=O)Nc1ccc(SCc2cc([N+](=O)[O-])ccc2OC(C)C)cc1. The molecule has 0 spiro atoms. The highest BCUT2D eigenvalue weighted by Crippen LogP contribution is 2.32. The molecule has 0 bridgehead atoms. The first kappa shape index (κ1) is 18.8. The quantitative estimate of drug-likeness (QED) is 0.442. The number of hydrogen-bond donors (Lipinski definition) is 1. The number of nitrogens with one attached hydrogen (secondary N) is 1. The summed E-state index contributed by atoms with van der Waals surface area (Å²) in [7, 11) is 0. The van der Waals surface area contributed by atoms with Gasteiger partial charge in [-0.3, -0.25) is 14.9 Å². The van der Waals surface area contributed by atoms with E-state index in [0.717, 1.165) is 16.1 Å². The first-order valence-corrected chi connectivity index (χ1v) is 8.78. The van der Waals surface area contributed by atoms with Gasteiger partial charge in [0.15, 0.2) is 0 Å². The molecule has 0 fully saturated rings. The summed E-state index contributed by atoms with van der Waals surface area (Å²) in [6, 6.07) is 12.1. The number of hydrogen-bond acceptors (Lipinski definition) is 5. The number of nitro benzene ring substituents is 1. The molecule has 0 aliphatic rings. The summed E-state index contributed by atoms with van der Waals surface area (Å²) in [6.07, 6.45) is -0.0119. The van der Waals surface area contributed by atoms with E-state index in [0.29, 0.717) is 11.5 Å². The Hall–Kier alpha value is -2.54. The molecule has 2 rings (SSSR count). The van der Waals surface area contributed by atoms with Gasteiger partial charge in [0.25, 0.3) is 5.69 Å². The standard InChI is InChI=1S/C18H20N2O4S/c1-12(2)24-18-9-6-16(20(22)23)10-14(18)11-25-17-7-4-15(5-8-17)19-13(3)21/h4-10,12H,11H2,1-3H3,(H,19,21). The van der Waals surface area contributed by atoms with Crippen LogP contribution in [-0.4, -0.2) is 16.9 Å². The molecule has 7 heteroatoms. The van der Waals surface area contributed by atoms with Gasteiger partial charge in [0.2, 0.25) is 5.91 Å². The van der Waals surface area contributed by atoms with E-state index in [1.165, 1.54) is 13.0 Å². The minimum atomic E-state index is -0.407. The molecule has 0 saturated carbocycles. The number of ether oxygens (including phenoxy) is 1. The van der Waals surface area contributed by atoms with E-state index in [1.54, 1.807) is 23.9 Å². The molecule has 2 aromatic carbocycles. The van der Waals surface area contributed by atoms with Crippen molar-refractivity contribution in [2.45, 2.75) is 37.5 Å². The fourth-order valence-corrected chi connectivity index (χ4v) is 3.04. The van der Waals surface area contributed by atoms with Crippen molar-refractivity contribution < 1.29 is 14.5 Å². The highest BCUT2D eigenvalue weighted by molar-refractivity contribution is 7.98. The molecule has 1 N–H and O–H groups in total. The predicted octanol–water partition coefficient (Wildman–Crippen LogP) is 4.63. The van der Waals surface area contributed by atoms with Crippen LogP contribution in [0.4, 0.5) is 11.4 Å². The highest BCUT2D eigenvalue weighted by Gasteiger charge is 2.13. The van der Waals surface area contributed by atoms with Crippen LogP contribution in [0, 0.1) is 10.1 Å². The van der Waals surface area contributed by atoms with Crippen LogP contribution in [0.3, 0.4) is 0 Å². The molecule has 0 aromatic heterocycles. The maximum absolute atomic E-state index is 11.0. The average Bonchev–Trinajstić information content (AvgIpc) is 2.54. The molecule has 0 heterocycles. The van der Waals surface area contributed by atoms with Crippen LogP contribution >= 0.6 is 11.8 Å². The number of carbonyl (C=O) groups is 1. The molecule has 0 saturated heterocycles. The lowest BCUT2D eigenvalue weighted by atomic mass is 10.2. The van der Waals surface area contributed by atoms with E-state index >= 15 is 0 Å². The Morgan fingerprint density at radius 1 is 1.24 bits per heavy atom. The van der Waals surface area contributed by atoms with Crippen molar-refractivity contribution in [3.63, 3.8) is 0 Å². The second kappa shape index (κ2) is 8.53. The molecule has 6 nitrogen and oxygen atoms in total. The van der Waals surface area contributed by atoms with Crippen molar-refractivity contribution in [1.29, 1.82) is 0 Å². The summed E-state index contributed by atoms with van der Waals surface area (Å²) in [5, 5.41) is 13.7. The zero-order valence-corrected chi connectivity index (χ0v) is 15.1. The van der Waals surface area contributed by atoms with Gasteiger partial charge in [-0.2, -0.15) is 0 Å². The minimum Gasteiger partial charge on any atom is -0.491 e.